The van der Waals surface area contributed by atoms with Crippen LogP contribution in [-0.4, -0.2) is 10.1 Å². The summed E-state index contributed by atoms with van der Waals surface area (Å²) < 4.78 is 0. The van der Waals surface area contributed by atoms with Crippen molar-refractivity contribution in [2.24, 2.45) is 0 Å². The Morgan fingerprint density at radius 3 is 2.54 bits per heavy atom. The van der Waals surface area contributed by atoms with Gasteiger partial charge in [0.1, 0.15) is 5.75 Å². The minimum absolute atomic E-state index is 0.371. The Labute approximate surface area is 143 Å². The Morgan fingerprint density at radius 2 is 1.79 bits per heavy atom. The molecular weight excluding hydrogens is 294 g/mol. The van der Waals surface area contributed by atoms with E-state index in [4.69, 9.17) is 0 Å². The first-order chi connectivity index (χ1) is 11.5. The first kappa shape index (κ1) is 16.4. The second-order valence-corrected chi connectivity index (χ2v) is 6.90. The van der Waals surface area contributed by atoms with Gasteiger partial charge in [0.05, 0.1) is 0 Å². The monoisotopic (exact) mass is 319 g/mol. The Bertz CT molecular complexity index is 953. The molecule has 3 aromatic rings. The van der Waals surface area contributed by atoms with Crippen LogP contribution < -0.4 is 0 Å². The van der Waals surface area contributed by atoms with Gasteiger partial charge in [0.15, 0.2) is 0 Å². The van der Waals surface area contributed by atoms with Gasteiger partial charge in [-0.05, 0) is 64.8 Å². The molecule has 0 radical (unpaired) electrons. The molecular formula is C22H25NO. The quantitative estimate of drug-likeness (QED) is 0.553. The van der Waals surface area contributed by atoms with E-state index in [2.05, 4.69) is 63.0 Å². The number of aromatic hydroxyl groups is 1. The highest BCUT2D eigenvalue weighted by atomic mass is 16.3. The Kier molecular flexibility index (Phi) is 4.48. The summed E-state index contributed by atoms with van der Waals surface area (Å²) in [4.78, 5) is 3.46. The second-order valence-electron chi connectivity index (χ2n) is 6.90. The molecule has 0 saturated heterocycles. The minimum Gasteiger partial charge on any atom is -0.508 e. The minimum atomic E-state index is 0.371. The SMILES string of the molecule is CC(C)=CC/C(C)=C/Cc1c(O)ccc2[nH]c3ccc(C)cc3c12. The number of allylic oxidation sites excluding steroid dienone is 4. The predicted molar refractivity (Wildman–Crippen MR) is 104 cm³/mol. The summed E-state index contributed by atoms with van der Waals surface area (Å²) in [7, 11) is 0. The van der Waals surface area contributed by atoms with Crippen LogP contribution in [-0.2, 0) is 6.42 Å². The third-order valence-electron chi connectivity index (χ3n) is 4.49. The molecule has 24 heavy (non-hydrogen) atoms. The summed E-state index contributed by atoms with van der Waals surface area (Å²) in [5.41, 5.74) is 7.09. The molecule has 0 aliphatic rings. The normalized spacial score (nSPS) is 12.1. The average Bonchev–Trinajstić information content (AvgIpc) is 2.90. The first-order valence-electron chi connectivity index (χ1n) is 8.47. The number of aromatic nitrogens is 1. The lowest BCUT2D eigenvalue weighted by Gasteiger charge is -2.06. The molecule has 2 nitrogen and oxygen atoms in total. The third-order valence-corrected chi connectivity index (χ3v) is 4.49. The Morgan fingerprint density at radius 1 is 1.04 bits per heavy atom. The summed E-state index contributed by atoms with van der Waals surface area (Å²) in [5.74, 6) is 0.371. The van der Waals surface area contributed by atoms with Crippen LogP contribution in [0.25, 0.3) is 21.8 Å². The van der Waals surface area contributed by atoms with Crippen LogP contribution >= 0.6 is 0 Å². The third kappa shape index (κ3) is 3.23. The van der Waals surface area contributed by atoms with Gasteiger partial charge in [-0.1, -0.05) is 34.9 Å². The number of hydrogen-bond acceptors (Lipinski definition) is 1. The summed E-state index contributed by atoms with van der Waals surface area (Å²) in [6, 6.07) is 10.2. The number of aryl methyl sites for hydroxylation is 1. The highest BCUT2D eigenvalue weighted by molar-refractivity contribution is 6.10. The molecule has 0 aliphatic heterocycles. The maximum Gasteiger partial charge on any atom is 0.119 e. The zero-order valence-electron chi connectivity index (χ0n) is 14.9. The maximum atomic E-state index is 10.4. The second kappa shape index (κ2) is 6.56. The van der Waals surface area contributed by atoms with Crippen LogP contribution in [0, 0.1) is 6.92 Å². The van der Waals surface area contributed by atoms with Crippen LogP contribution in [0.4, 0.5) is 0 Å². The van der Waals surface area contributed by atoms with Crippen molar-refractivity contribution < 1.29 is 5.11 Å². The average molecular weight is 319 g/mol. The van der Waals surface area contributed by atoms with Gasteiger partial charge in [-0.3, -0.25) is 0 Å². The van der Waals surface area contributed by atoms with Gasteiger partial charge in [-0.2, -0.15) is 0 Å². The highest BCUT2D eigenvalue weighted by Crippen LogP contribution is 2.34. The molecule has 0 saturated carbocycles. The molecule has 0 atom stereocenters. The molecule has 0 bridgehead atoms. The molecule has 3 rings (SSSR count). The van der Waals surface area contributed by atoms with Crippen molar-refractivity contribution in [1.82, 2.24) is 4.98 Å². The summed E-state index contributed by atoms with van der Waals surface area (Å²) in [6.45, 7) is 8.49. The van der Waals surface area contributed by atoms with Crippen molar-refractivity contribution >= 4 is 21.8 Å². The zero-order valence-corrected chi connectivity index (χ0v) is 14.9. The van der Waals surface area contributed by atoms with Gasteiger partial charge in [-0.15, -0.1) is 0 Å². The number of phenolic OH excluding ortho intramolecular Hbond substituents is 1. The van der Waals surface area contributed by atoms with E-state index in [1.165, 1.54) is 22.1 Å². The van der Waals surface area contributed by atoms with Gasteiger partial charge in [0, 0.05) is 27.4 Å². The van der Waals surface area contributed by atoms with Gasteiger partial charge in [0.2, 0.25) is 0 Å². The van der Waals surface area contributed by atoms with E-state index in [9.17, 15) is 5.11 Å². The van der Waals surface area contributed by atoms with Crippen LogP contribution in [0.1, 0.15) is 38.3 Å². The lowest BCUT2D eigenvalue weighted by molar-refractivity contribution is 0.471. The number of rotatable bonds is 4. The van der Waals surface area contributed by atoms with Gasteiger partial charge in [0.25, 0.3) is 0 Å². The maximum absolute atomic E-state index is 10.4. The number of phenols is 1. The van der Waals surface area contributed by atoms with Crippen molar-refractivity contribution in [2.45, 2.75) is 40.5 Å². The number of aromatic amines is 1. The lowest BCUT2D eigenvalue weighted by atomic mass is 10.00. The summed E-state index contributed by atoms with van der Waals surface area (Å²) in [6.07, 6.45) is 6.17. The number of H-pyrrole nitrogens is 1. The van der Waals surface area contributed by atoms with E-state index in [1.54, 1.807) is 6.07 Å². The highest BCUT2D eigenvalue weighted by Gasteiger charge is 2.12. The molecule has 0 fully saturated rings. The standard InChI is InChI=1S/C22H25NO/c1-14(2)5-6-15(3)7-9-17-21(24)12-11-20-22(17)18-13-16(4)8-10-19(18)23-20/h5,7-8,10-13,23-24H,6,9H2,1-4H3/b15-7+. The van der Waals surface area contributed by atoms with E-state index < -0.39 is 0 Å². The number of benzene rings is 2. The molecule has 0 aliphatic carbocycles. The lowest BCUT2D eigenvalue weighted by Crippen LogP contribution is -1.87. The van der Waals surface area contributed by atoms with Crippen molar-refractivity contribution in [2.75, 3.05) is 0 Å². The Balaban J connectivity index is 2.08. The molecule has 124 valence electrons. The summed E-state index contributed by atoms with van der Waals surface area (Å²) >= 11 is 0. The molecule has 2 aromatic carbocycles. The predicted octanol–water partition coefficient (Wildman–Crippen LogP) is 6.18. The molecule has 1 aromatic heterocycles. The Hall–Kier alpha value is -2.48. The van der Waals surface area contributed by atoms with Gasteiger partial charge < -0.3 is 10.1 Å². The fourth-order valence-corrected chi connectivity index (χ4v) is 3.10. The number of nitrogens with one attached hydrogen (secondary N) is 1. The topological polar surface area (TPSA) is 36.0 Å². The number of fused-ring (bicyclic) bond motifs is 3. The largest absolute Gasteiger partial charge is 0.508 e. The summed E-state index contributed by atoms with van der Waals surface area (Å²) in [5, 5.41) is 12.8. The van der Waals surface area contributed by atoms with Crippen molar-refractivity contribution in [3.05, 3.63) is 64.8 Å². The van der Waals surface area contributed by atoms with E-state index in [0.29, 0.717) is 5.75 Å². The van der Waals surface area contributed by atoms with E-state index in [1.807, 2.05) is 6.07 Å². The molecule has 1 heterocycles. The van der Waals surface area contributed by atoms with Crippen LogP contribution in [0.3, 0.4) is 0 Å². The smallest absolute Gasteiger partial charge is 0.119 e. The fraction of sp³-hybridized carbons (Fsp3) is 0.273. The van der Waals surface area contributed by atoms with E-state index in [0.717, 1.165) is 34.8 Å². The van der Waals surface area contributed by atoms with E-state index >= 15 is 0 Å². The zero-order chi connectivity index (χ0) is 17.3. The van der Waals surface area contributed by atoms with Crippen molar-refractivity contribution in [3.8, 4) is 5.75 Å². The van der Waals surface area contributed by atoms with Gasteiger partial charge in [-0.25, -0.2) is 0 Å². The molecule has 2 heteroatoms. The van der Waals surface area contributed by atoms with Crippen LogP contribution in [0.2, 0.25) is 0 Å². The number of hydrogen-bond donors (Lipinski definition) is 2. The van der Waals surface area contributed by atoms with E-state index in [-0.39, 0.29) is 0 Å². The molecule has 0 unspecified atom stereocenters. The molecule has 2 N–H and O–H groups in total. The van der Waals surface area contributed by atoms with Crippen LogP contribution in [0.15, 0.2) is 53.6 Å². The van der Waals surface area contributed by atoms with Crippen molar-refractivity contribution in [3.63, 3.8) is 0 Å². The fourth-order valence-electron chi connectivity index (χ4n) is 3.10. The van der Waals surface area contributed by atoms with Crippen LogP contribution in [0.5, 0.6) is 5.75 Å². The molecule has 0 amide bonds. The molecule has 0 spiro atoms. The van der Waals surface area contributed by atoms with Crippen molar-refractivity contribution in [1.29, 1.82) is 0 Å². The van der Waals surface area contributed by atoms with Gasteiger partial charge >= 0.3 is 0 Å². The first-order valence-corrected chi connectivity index (χ1v) is 8.47.